The van der Waals surface area contributed by atoms with E-state index in [9.17, 15) is 4.79 Å². The van der Waals surface area contributed by atoms with Crippen LogP contribution in [0.4, 0.5) is 0 Å². The fraction of sp³-hybridized carbons (Fsp3) is 0.235. The van der Waals surface area contributed by atoms with Crippen molar-refractivity contribution in [1.29, 1.82) is 0 Å². The minimum Gasteiger partial charge on any atom is -0.496 e. The second-order valence-corrected chi connectivity index (χ2v) is 6.26. The van der Waals surface area contributed by atoms with Crippen molar-refractivity contribution in [2.75, 3.05) is 7.11 Å². The lowest BCUT2D eigenvalue weighted by Crippen LogP contribution is -2.03. The molecule has 20 heavy (non-hydrogen) atoms. The van der Waals surface area contributed by atoms with Crippen LogP contribution in [0.2, 0.25) is 0 Å². The molecule has 3 rings (SSSR count). The van der Waals surface area contributed by atoms with E-state index in [1.807, 2.05) is 30.3 Å². The van der Waals surface area contributed by atoms with Gasteiger partial charge < -0.3 is 4.74 Å². The van der Waals surface area contributed by atoms with Crippen LogP contribution in [0.3, 0.4) is 0 Å². The molecule has 0 bridgehead atoms. The molecule has 102 valence electrons. The fourth-order valence-electron chi connectivity index (χ4n) is 2.41. The SMILES string of the molecule is COc1cccc2sc3cc(C(C)C)ccc3c(=O)c12. The van der Waals surface area contributed by atoms with E-state index in [4.69, 9.17) is 4.74 Å². The Morgan fingerprint density at radius 3 is 2.60 bits per heavy atom. The smallest absolute Gasteiger partial charge is 0.199 e. The molecule has 0 saturated carbocycles. The highest BCUT2D eigenvalue weighted by Gasteiger charge is 2.11. The first-order valence-corrected chi connectivity index (χ1v) is 7.47. The maximum atomic E-state index is 12.7. The normalized spacial score (nSPS) is 11.4. The molecule has 0 aliphatic carbocycles. The number of fused-ring (bicyclic) bond motifs is 2. The van der Waals surface area contributed by atoms with Crippen LogP contribution in [0, 0.1) is 0 Å². The molecule has 0 N–H and O–H groups in total. The average molecular weight is 284 g/mol. The van der Waals surface area contributed by atoms with Crippen molar-refractivity contribution in [3.8, 4) is 5.75 Å². The zero-order valence-electron chi connectivity index (χ0n) is 11.8. The molecule has 2 aromatic carbocycles. The Balaban J connectivity index is 2.44. The summed E-state index contributed by atoms with van der Waals surface area (Å²) in [5, 5.41) is 1.46. The van der Waals surface area contributed by atoms with Gasteiger partial charge in [-0.05, 0) is 35.7 Å². The molecule has 2 nitrogen and oxygen atoms in total. The summed E-state index contributed by atoms with van der Waals surface area (Å²) < 4.78 is 7.34. The molecular weight excluding hydrogens is 268 g/mol. The number of hydrogen-bond acceptors (Lipinski definition) is 3. The zero-order valence-corrected chi connectivity index (χ0v) is 12.6. The number of rotatable bonds is 2. The Morgan fingerprint density at radius 1 is 1.10 bits per heavy atom. The molecule has 0 spiro atoms. The van der Waals surface area contributed by atoms with E-state index in [1.165, 1.54) is 5.56 Å². The monoisotopic (exact) mass is 284 g/mol. The minimum atomic E-state index is 0.0570. The third-order valence-electron chi connectivity index (χ3n) is 3.57. The minimum absolute atomic E-state index is 0.0570. The Kier molecular flexibility index (Phi) is 3.22. The van der Waals surface area contributed by atoms with Crippen molar-refractivity contribution in [1.82, 2.24) is 0 Å². The molecule has 0 unspecified atom stereocenters. The van der Waals surface area contributed by atoms with Gasteiger partial charge in [-0.15, -0.1) is 11.3 Å². The van der Waals surface area contributed by atoms with Gasteiger partial charge in [0.25, 0.3) is 0 Å². The molecule has 1 aromatic heterocycles. The Morgan fingerprint density at radius 2 is 1.90 bits per heavy atom. The summed E-state index contributed by atoms with van der Waals surface area (Å²) in [7, 11) is 1.60. The maximum absolute atomic E-state index is 12.7. The lowest BCUT2D eigenvalue weighted by Gasteiger charge is -2.08. The van der Waals surface area contributed by atoms with Gasteiger partial charge in [0.2, 0.25) is 0 Å². The van der Waals surface area contributed by atoms with E-state index >= 15 is 0 Å². The molecule has 3 aromatic rings. The molecule has 0 saturated heterocycles. The van der Waals surface area contributed by atoms with Gasteiger partial charge in [0.15, 0.2) is 5.43 Å². The van der Waals surface area contributed by atoms with Crippen LogP contribution in [-0.2, 0) is 0 Å². The lowest BCUT2D eigenvalue weighted by atomic mass is 10.0. The first-order chi connectivity index (χ1) is 9.61. The number of benzene rings is 2. The van der Waals surface area contributed by atoms with E-state index in [1.54, 1.807) is 18.4 Å². The quantitative estimate of drug-likeness (QED) is 0.645. The van der Waals surface area contributed by atoms with Crippen LogP contribution >= 0.6 is 11.3 Å². The van der Waals surface area contributed by atoms with Crippen LogP contribution in [0.25, 0.3) is 20.2 Å². The summed E-state index contributed by atoms with van der Waals surface area (Å²) in [6, 6.07) is 11.9. The number of hydrogen-bond donors (Lipinski definition) is 0. The molecule has 0 atom stereocenters. The second-order valence-electron chi connectivity index (χ2n) is 5.17. The molecule has 0 aliphatic rings. The Labute approximate surface area is 121 Å². The van der Waals surface area contributed by atoms with Gasteiger partial charge in [-0.1, -0.05) is 26.0 Å². The number of methoxy groups -OCH3 is 1. The van der Waals surface area contributed by atoms with Crippen LogP contribution in [0.15, 0.2) is 41.2 Å². The van der Waals surface area contributed by atoms with Gasteiger partial charge in [0, 0.05) is 14.8 Å². The Bertz CT molecular complexity index is 847. The molecule has 0 amide bonds. The predicted octanol–water partition coefficient (Wildman–Crippen LogP) is 4.55. The van der Waals surface area contributed by atoms with Crippen LogP contribution in [-0.4, -0.2) is 7.11 Å². The highest BCUT2D eigenvalue weighted by molar-refractivity contribution is 7.24. The van der Waals surface area contributed by atoms with E-state index in [-0.39, 0.29) is 5.43 Å². The van der Waals surface area contributed by atoms with Gasteiger partial charge in [-0.2, -0.15) is 0 Å². The predicted molar refractivity (Wildman–Crippen MR) is 86.2 cm³/mol. The van der Waals surface area contributed by atoms with Crippen molar-refractivity contribution in [3.63, 3.8) is 0 Å². The van der Waals surface area contributed by atoms with Crippen molar-refractivity contribution in [2.24, 2.45) is 0 Å². The van der Waals surface area contributed by atoms with E-state index in [2.05, 4.69) is 19.9 Å². The molecule has 1 heterocycles. The topological polar surface area (TPSA) is 26.3 Å². The highest BCUT2D eigenvalue weighted by atomic mass is 32.1. The third kappa shape index (κ3) is 1.98. The van der Waals surface area contributed by atoms with Crippen molar-refractivity contribution >= 4 is 31.5 Å². The van der Waals surface area contributed by atoms with Gasteiger partial charge in [0.05, 0.1) is 12.5 Å². The van der Waals surface area contributed by atoms with Crippen molar-refractivity contribution in [2.45, 2.75) is 19.8 Å². The van der Waals surface area contributed by atoms with Crippen molar-refractivity contribution in [3.05, 3.63) is 52.2 Å². The molecule has 0 radical (unpaired) electrons. The van der Waals surface area contributed by atoms with Crippen LogP contribution < -0.4 is 10.2 Å². The third-order valence-corrected chi connectivity index (χ3v) is 4.69. The lowest BCUT2D eigenvalue weighted by molar-refractivity contribution is 0.419. The maximum Gasteiger partial charge on any atom is 0.199 e. The van der Waals surface area contributed by atoms with E-state index in [0.29, 0.717) is 17.1 Å². The fourth-order valence-corrected chi connectivity index (χ4v) is 3.56. The Hall–Kier alpha value is -1.87. The van der Waals surface area contributed by atoms with Crippen LogP contribution in [0.1, 0.15) is 25.3 Å². The molecule has 0 aliphatic heterocycles. The first-order valence-electron chi connectivity index (χ1n) is 6.65. The summed E-state index contributed by atoms with van der Waals surface area (Å²) in [6.07, 6.45) is 0. The standard InChI is InChI=1S/C17H16O2S/c1-10(2)11-7-8-12-15(9-11)20-14-6-4-5-13(19-3)16(14)17(12)18/h4-10H,1-3H3. The van der Waals surface area contributed by atoms with Crippen LogP contribution in [0.5, 0.6) is 5.75 Å². The second kappa shape index (κ2) is 4.91. The zero-order chi connectivity index (χ0) is 14.3. The van der Waals surface area contributed by atoms with Gasteiger partial charge in [0.1, 0.15) is 5.75 Å². The first kappa shape index (κ1) is 13.1. The summed E-state index contributed by atoms with van der Waals surface area (Å²) >= 11 is 1.65. The van der Waals surface area contributed by atoms with Gasteiger partial charge >= 0.3 is 0 Å². The number of ether oxygens (including phenoxy) is 1. The summed E-state index contributed by atoms with van der Waals surface area (Å²) in [5.74, 6) is 1.11. The van der Waals surface area contributed by atoms with Gasteiger partial charge in [-0.3, -0.25) is 4.79 Å². The average Bonchev–Trinajstić information content (AvgIpc) is 2.46. The van der Waals surface area contributed by atoms with Crippen molar-refractivity contribution < 1.29 is 4.74 Å². The largest absolute Gasteiger partial charge is 0.496 e. The molecule has 0 fully saturated rings. The van der Waals surface area contributed by atoms with Gasteiger partial charge in [-0.25, -0.2) is 0 Å². The summed E-state index contributed by atoms with van der Waals surface area (Å²) in [5.41, 5.74) is 1.32. The summed E-state index contributed by atoms with van der Waals surface area (Å²) in [4.78, 5) is 12.7. The van der Waals surface area contributed by atoms with E-state index in [0.717, 1.165) is 14.8 Å². The molecular formula is C17H16O2S. The molecule has 3 heteroatoms. The highest BCUT2D eigenvalue weighted by Crippen LogP contribution is 2.31. The summed E-state index contributed by atoms with van der Waals surface area (Å²) in [6.45, 7) is 4.32. The van der Waals surface area contributed by atoms with E-state index < -0.39 is 0 Å².